The summed E-state index contributed by atoms with van der Waals surface area (Å²) in [6.45, 7) is 13.7. The minimum absolute atomic E-state index is 0. The number of rotatable bonds is 5. The van der Waals surface area contributed by atoms with Gasteiger partial charge >= 0.3 is 0 Å². The minimum Gasteiger partial charge on any atom is -0.384 e. The Labute approximate surface area is 233 Å². The van der Waals surface area contributed by atoms with Crippen LogP contribution in [-0.2, 0) is 15.4 Å². The molecule has 4 aliphatic rings. The number of sulfonamides is 1. The maximum absolute atomic E-state index is 13.9. The molecule has 1 amide bonds. The van der Waals surface area contributed by atoms with Gasteiger partial charge in [0.1, 0.15) is 11.6 Å². The van der Waals surface area contributed by atoms with Crippen molar-refractivity contribution in [3.8, 4) is 0 Å². The fourth-order valence-corrected chi connectivity index (χ4v) is 8.46. The van der Waals surface area contributed by atoms with Gasteiger partial charge in [-0.2, -0.15) is 8.42 Å². The molecule has 6 rings (SSSR count). The maximum atomic E-state index is 13.9. The van der Waals surface area contributed by atoms with Crippen molar-refractivity contribution < 1.29 is 14.6 Å². The highest BCUT2D eigenvalue weighted by atomic mass is 32.2. The van der Waals surface area contributed by atoms with Gasteiger partial charge in [-0.1, -0.05) is 39.8 Å². The average Bonchev–Trinajstić information content (AvgIpc) is 3.39. The highest BCUT2D eigenvalue weighted by molar-refractivity contribution is 7.90. The van der Waals surface area contributed by atoms with Crippen molar-refractivity contribution in [3.05, 3.63) is 47.2 Å². The second-order valence-electron chi connectivity index (χ2n) is 13.8. The minimum atomic E-state index is -4.24. The van der Waals surface area contributed by atoms with Gasteiger partial charge in [0.05, 0.1) is 11.3 Å². The number of amides is 1. The molecule has 1 saturated heterocycles. The van der Waals surface area contributed by atoms with Crippen molar-refractivity contribution in [1.29, 1.82) is 0 Å². The Kier molecular flexibility index (Phi) is 5.59. The highest BCUT2D eigenvalue weighted by Gasteiger charge is 2.67. The van der Waals surface area contributed by atoms with Gasteiger partial charge < -0.3 is 10.6 Å². The number of anilines is 2. The Morgan fingerprint density at radius 2 is 1.92 bits per heavy atom. The summed E-state index contributed by atoms with van der Waals surface area (Å²) in [5.41, 5.74) is 9.04. The van der Waals surface area contributed by atoms with Crippen LogP contribution in [0.2, 0.25) is 0 Å². The highest BCUT2D eigenvalue weighted by Crippen LogP contribution is 2.76. The molecule has 0 aromatic carbocycles. The molecule has 8 nitrogen and oxygen atoms in total. The van der Waals surface area contributed by atoms with E-state index in [2.05, 4.69) is 62.2 Å². The number of carbonyl (C=O) groups excluding carboxylic acids is 1. The number of pyridine rings is 2. The lowest BCUT2D eigenvalue weighted by Crippen LogP contribution is -2.42. The molecule has 3 unspecified atom stereocenters. The number of carbonyl (C=O) groups is 1. The number of hydrogen-bond donors (Lipinski definition) is 2. The first-order valence-electron chi connectivity index (χ1n) is 14.0. The van der Waals surface area contributed by atoms with Crippen LogP contribution < -0.4 is 15.4 Å². The third-order valence-electron chi connectivity index (χ3n) is 9.30. The van der Waals surface area contributed by atoms with Gasteiger partial charge in [-0.15, -0.1) is 0 Å². The van der Waals surface area contributed by atoms with Crippen LogP contribution in [0.15, 0.2) is 35.4 Å². The van der Waals surface area contributed by atoms with Crippen molar-refractivity contribution in [2.75, 3.05) is 17.2 Å². The first kappa shape index (κ1) is 26.3. The second-order valence-corrected chi connectivity index (χ2v) is 15.4. The molecule has 210 valence electrons. The smallest absolute Gasteiger partial charge is 0.281 e. The third-order valence-corrected chi connectivity index (χ3v) is 10.5. The SMILES string of the molecule is C[C@@H]1CN(c2nc(C(C)(C)C)c(C3=CC45CC4CCC35)cc2C(=O)NS(=O)(=O)c2cccc(N)n2)C(C)(C)C1.[HH]. The summed E-state index contributed by atoms with van der Waals surface area (Å²) in [4.78, 5) is 25.2. The number of hydrogen-bond acceptors (Lipinski definition) is 7. The second kappa shape index (κ2) is 8.29. The van der Waals surface area contributed by atoms with Crippen LogP contribution in [0.3, 0.4) is 0 Å². The number of aromatic nitrogens is 2. The van der Waals surface area contributed by atoms with Crippen LogP contribution in [-0.4, -0.2) is 36.4 Å². The largest absolute Gasteiger partial charge is 0.384 e. The summed E-state index contributed by atoms with van der Waals surface area (Å²) in [6.07, 6.45) is 7.04. The van der Waals surface area contributed by atoms with Gasteiger partial charge in [-0.05, 0) is 86.5 Å². The van der Waals surface area contributed by atoms with Gasteiger partial charge in [-0.25, -0.2) is 14.7 Å². The van der Waals surface area contributed by atoms with Gasteiger partial charge in [0.2, 0.25) is 0 Å². The molecule has 1 aliphatic heterocycles. The van der Waals surface area contributed by atoms with Crippen molar-refractivity contribution >= 4 is 33.1 Å². The van der Waals surface area contributed by atoms with E-state index in [1.54, 1.807) is 0 Å². The van der Waals surface area contributed by atoms with E-state index in [1.807, 2.05) is 6.07 Å². The molecule has 2 saturated carbocycles. The summed E-state index contributed by atoms with van der Waals surface area (Å²) >= 11 is 0. The fraction of sp³-hybridized carbons (Fsp3) is 0.567. The predicted octanol–water partition coefficient (Wildman–Crippen LogP) is 5.16. The summed E-state index contributed by atoms with van der Waals surface area (Å²) in [5.74, 6) is 1.60. The predicted molar refractivity (Wildman–Crippen MR) is 155 cm³/mol. The number of nitrogens with zero attached hydrogens (tertiary/aromatic N) is 3. The zero-order valence-corrected chi connectivity index (χ0v) is 24.5. The van der Waals surface area contributed by atoms with E-state index in [9.17, 15) is 13.2 Å². The first-order chi connectivity index (χ1) is 18.1. The lowest BCUT2D eigenvalue weighted by Gasteiger charge is -2.39. The van der Waals surface area contributed by atoms with Gasteiger partial charge in [0.15, 0.2) is 5.03 Å². The van der Waals surface area contributed by atoms with Crippen molar-refractivity contribution in [1.82, 2.24) is 14.7 Å². The van der Waals surface area contributed by atoms with Gasteiger partial charge in [-0.3, -0.25) is 4.79 Å². The Morgan fingerprint density at radius 1 is 1.18 bits per heavy atom. The van der Waals surface area contributed by atoms with Crippen LogP contribution in [0.25, 0.3) is 5.57 Å². The molecule has 3 aliphatic carbocycles. The van der Waals surface area contributed by atoms with Crippen molar-refractivity contribution in [2.24, 2.45) is 23.2 Å². The average molecular weight is 552 g/mol. The number of nitrogens with two attached hydrogens (primary N) is 1. The van der Waals surface area contributed by atoms with E-state index in [0.29, 0.717) is 23.1 Å². The zero-order valence-electron chi connectivity index (χ0n) is 23.7. The van der Waals surface area contributed by atoms with Crippen LogP contribution >= 0.6 is 0 Å². The quantitative estimate of drug-likeness (QED) is 0.527. The van der Waals surface area contributed by atoms with E-state index >= 15 is 0 Å². The lowest BCUT2D eigenvalue weighted by molar-refractivity contribution is 0.0981. The van der Waals surface area contributed by atoms with E-state index in [1.165, 1.54) is 36.6 Å². The van der Waals surface area contributed by atoms with Crippen LogP contribution in [0.5, 0.6) is 0 Å². The van der Waals surface area contributed by atoms with Crippen LogP contribution in [0.4, 0.5) is 11.6 Å². The molecule has 2 aromatic rings. The molecule has 9 heteroatoms. The zero-order chi connectivity index (χ0) is 28.1. The van der Waals surface area contributed by atoms with Crippen molar-refractivity contribution in [3.63, 3.8) is 0 Å². The Bertz CT molecular complexity index is 1530. The molecule has 1 spiro atoms. The number of allylic oxidation sites excluding steroid dienone is 2. The molecule has 4 atom stereocenters. The topological polar surface area (TPSA) is 118 Å². The molecule has 2 aromatic heterocycles. The van der Waals surface area contributed by atoms with Crippen LogP contribution in [0, 0.1) is 23.2 Å². The van der Waals surface area contributed by atoms with Gasteiger partial charge in [0, 0.05) is 24.5 Å². The Balaban J connectivity index is 0.00000323. The molecule has 0 bridgehead atoms. The molecule has 39 heavy (non-hydrogen) atoms. The molecule has 3 N–H and O–H groups in total. The van der Waals surface area contributed by atoms with Crippen LogP contribution in [0.1, 0.15) is 90.3 Å². The maximum Gasteiger partial charge on any atom is 0.281 e. The van der Waals surface area contributed by atoms with E-state index in [-0.39, 0.29) is 28.8 Å². The standard InChI is InChI=1S/C30H39N5O3S.H2/c1-17-13-29(5,6)35(16-17)26-20(27(36)34-39(37,38)24-9-7-8-23(31)32-24)12-19(25(33-26)28(2,3)4)21-15-30-14-18(30)10-11-22(21)30;/h7-9,12,15,17-18,22H,10-11,13-14,16H2,1-6H3,(H2,31,32)(H,34,36);1H/t17-,18?,22?,30?;/m0./s1. The third kappa shape index (κ3) is 4.15. The lowest BCUT2D eigenvalue weighted by atomic mass is 9.68. The molecular formula is C30H41N5O3S. The van der Waals surface area contributed by atoms with Crippen molar-refractivity contribution in [2.45, 2.75) is 83.2 Å². The Morgan fingerprint density at radius 3 is 2.51 bits per heavy atom. The summed E-state index contributed by atoms with van der Waals surface area (Å²) < 4.78 is 28.7. The van der Waals surface area contributed by atoms with E-state index in [0.717, 1.165) is 36.6 Å². The first-order valence-corrected chi connectivity index (χ1v) is 15.5. The number of nitrogen functional groups attached to an aromatic ring is 1. The summed E-state index contributed by atoms with van der Waals surface area (Å²) in [6, 6.07) is 6.25. The monoisotopic (exact) mass is 551 g/mol. The number of nitrogens with one attached hydrogen (secondary N) is 1. The molecule has 3 heterocycles. The molecule has 3 fully saturated rings. The van der Waals surface area contributed by atoms with E-state index in [4.69, 9.17) is 10.7 Å². The van der Waals surface area contributed by atoms with Gasteiger partial charge in [0.25, 0.3) is 15.9 Å². The molecule has 0 radical (unpaired) electrons. The fourth-order valence-electron chi connectivity index (χ4n) is 7.52. The summed E-state index contributed by atoms with van der Waals surface area (Å²) in [5, 5.41) is -0.290. The molecular weight excluding hydrogens is 510 g/mol. The summed E-state index contributed by atoms with van der Waals surface area (Å²) in [7, 11) is -4.24. The normalized spacial score (nSPS) is 28.8. The van der Waals surface area contributed by atoms with E-state index < -0.39 is 15.9 Å². The Hall–Kier alpha value is -2.94.